The molecule has 0 spiro atoms. The molecule has 0 atom stereocenters. The lowest BCUT2D eigenvalue weighted by Gasteiger charge is -1.97. The highest BCUT2D eigenvalue weighted by Crippen LogP contribution is 1.97. The van der Waals surface area contributed by atoms with E-state index in [0.29, 0.717) is 0 Å². The van der Waals surface area contributed by atoms with Gasteiger partial charge >= 0.3 is 5.97 Å². The summed E-state index contributed by atoms with van der Waals surface area (Å²) in [5, 5.41) is 0. The second-order valence-corrected chi connectivity index (χ2v) is 4.60. The number of halogens is 1. The molecule has 7 heteroatoms. The van der Waals surface area contributed by atoms with Gasteiger partial charge < -0.3 is 4.74 Å². The van der Waals surface area contributed by atoms with Crippen LogP contribution in [-0.4, -0.2) is 32.5 Å². The van der Waals surface area contributed by atoms with Crippen molar-refractivity contribution in [1.29, 1.82) is 0 Å². The van der Waals surface area contributed by atoms with E-state index in [9.17, 15) is 18.0 Å². The molecule has 0 bridgehead atoms. The minimum atomic E-state index is -3.96. The van der Waals surface area contributed by atoms with E-state index < -0.39 is 26.6 Å². The van der Waals surface area contributed by atoms with Gasteiger partial charge in [-0.3, -0.25) is 4.79 Å². The molecule has 0 aliphatic rings. The number of esters is 1. The normalized spacial score (nSPS) is 10.8. The summed E-state index contributed by atoms with van der Waals surface area (Å²) in [5.41, 5.74) is 0. The summed E-state index contributed by atoms with van der Waals surface area (Å²) in [4.78, 5) is 21.1. The maximum atomic E-state index is 10.6. The number of hydrogen-bond acceptors (Lipinski definition) is 5. The molecular weight excluding hydrogens is 208 g/mol. The molecule has 0 saturated carbocycles. The van der Waals surface area contributed by atoms with E-state index in [4.69, 9.17) is 10.7 Å². The number of carbonyl (C=O) groups excluding carboxylic acids is 2. The number of rotatable bonds is 4. The lowest BCUT2D eigenvalue weighted by atomic mass is 10.5. The van der Waals surface area contributed by atoms with Crippen molar-refractivity contribution in [2.24, 2.45) is 0 Å². The molecule has 0 rings (SSSR count). The summed E-state index contributed by atoms with van der Waals surface area (Å²) < 4.78 is 24.8. The predicted molar refractivity (Wildman–Crippen MR) is 41.3 cm³/mol. The first-order chi connectivity index (χ1) is 5.37. The highest BCUT2D eigenvalue weighted by atomic mass is 35.7. The van der Waals surface area contributed by atoms with Gasteiger partial charge in [0.15, 0.2) is 0 Å². The zero-order valence-electron chi connectivity index (χ0n) is 6.24. The third kappa shape index (κ3) is 5.09. The molecule has 0 unspecified atom stereocenters. The van der Waals surface area contributed by atoms with Gasteiger partial charge in [-0.05, 0) is 6.92 Å². The zero-order chi connectivity index (χ0) is 9.78. The molecule has 0 heterocycles. The van der Waals surface area contributed by atoms with Crippen LogP contribution in [0.2, 0.25) is 0 Å². The summed E-state index contributed by atoms with van der Waals surface area (Å²) >= 11 is 0. The van der Waals surface area contributed by atoms with E-state index in [1.54, 1.807) is 0 Å². The fourth-order valence-electron chi connectivity index (χ4n) is 0.427. The van der Waals surface area contributed by atoms with Crippen molar-refractivity contribution in [3.05, 3.63) is 0 Å². The number of ether oxygens (including phenoxy) is 1. The van der Waals surface area contributed by atoms with Gasteiger partial charge in [-0.2, -0.15) is 0 Å². The Bertz CT molecular complexity index is 280. The van der Waals surface area contributed by atoms with E-state index in [1.165, 1.54) is 6.92 Å². The Hall–Kier alpha value is -0.620. The minimum absolute atomic E-state index is 0.0207. The van der Waals surface area contributed by atoms with Crippen LogP contribution in [0, 0.1) is 0 Å². The molecule has 0 N–H and O–H groups in total. The van der Waals surface area contributed by atoms with Crippen molar-refractivity contribution in [1.82, 2.24) is 0 Å². The van der Waals surface area contributed by atoms with Gasteiger partial charge in [0.25, 0.3) is 5.78 Å². The molecular formula is C5H7ClO5S. The first-order valence-electron chi connectivity index (χ1n) is 2.99. The van der Waals surface area contributed by atoms with E-state index in [-0.39, 0.29) is 6.61 Å². The van der Waals surface area contributed by atoms with Gasteiger partial charge in [0, 0.05) is 10.7 Å². The van der Waals surface area contributed by atoms with Crippen molar-refractivity contribution < 1.29 is 22.7 Å². The Morgan fingerprint density at radius 1 is 1.42 bits per heavy atom. The summed E-state index contributed by atoms with van der Waals surface area (Å²) in [5.74, 6) is -3.36. The second-order valence-electron chi connectivity index (χ2n) is 1.83. The van der Waals surface area contributed by atoms with Gasteiger partial charge in [-0.1, -0.05) is 0 Å². The zero-order valence-corrected chi connectivity index (χ0v) is 7.81. The van der Waals surface area contributed by atoms with Crippen LogP contribution >= 0.6 is 10.7 Å². The molecule has 0 fully saturated rings. The van der Waals surface area contributed by atoms with Gasteiger partial charge in [-0.25, -0.2) is 13.2 Å². The minimum Gasteiger partial charge on any atom is -0.460 e. The van der Waals surface area contributed by atoms with Gasteiger partial charge in [-0.15, -0.1) is 0 Å². The van der Waals surface area contributed by atoms with Crippen molar-refractivity contribution in [3.63, 3.8) is 0 Å². The van der Waals surface area contributed by atoms with E-state index >= 15 is 0 Å². The summed E-state index contributed by atoms with van der Waals surface area (Å²) in [6, 6.07) is 0. The van der Waals surface area contributed by atoms with Crippen LogP contribution in [0.5, 0.6) is 0 Å². The van der Waals surface area contributed by atoms with Crippen molar-refractivity contribution in [2.45, 2.75) is 6.92 Å². The third-order valence-electron chi connectivity index (χ3n) is 0.807. The summed E-state index contributed by atoms with van der Waals surface area (Å²) in [7, 11) is 0.751. The third-order valence-corrected chi connectivity index (χ3v) is 1.74. The molecule has 0 aromatic heterocycles. The Morgan fingerprint density at radius 3 is 2.25 bits per heavy atom. The maximum absolute atomic E-state index is 10.6. The molecule has 0 radical (unpaired) electrons. The Morgan fingerprint density at radius 2 is 1.92 bits per heavy atom. The first kappa shape index (κ1) is 11.4. The van der Waals surface area contributed by atoms with Crippen LogP contribution in [0.25, 0.3) is 0 Å². The second kappa shape index (κ2) is 4.42. The quantitative estimate of drug-likeness (QED) is 0.364. The molecule has 0 aliphatic heterocycles. The fraction of sp³-hybridized carbons (Fsp3) is 0.600. The summed E-state index contributed by atoms with van der Waals surface area (Å²) in [6.07, 6.45) is 0. The number of ketones is 1. The van der Waals surface area contributed by atoms with E-state index in [0.717, 1.165) is 0 Å². The van der Waals surface area contributed by atoms with Gasteiger partial charge in [0.05, 0.1) is 6.61 Å². The highest BCUT2D eigenvalue weighted by molar-refractivity contribution is 8.14. The Kier molecular flexibility index (Phi) is 4.19. The Labute approximate surface area is 74.1 Å². The van der Waals surface area contributed by atoms with Crippen LogP contribution in [0.15, 0.2) is 0 Å². The molecule has 70 valence electrons. The molecule has 0 aromatic rings. The molecule has 0 amide bonds. The van der Waals surface area contributed by atoms with Crippen molar-refractivity contribution in [2.75, 3.05) is 12.4 Å². The maximum Gasteiger partial charge on any atom is 0.375 e. The predicted octanol–water partition coefficient (Wildman–Crippen LogP) is -0.313. The Balaban J connectivity index is 4.15. The van der Waals surface area contributed by atoms with Crippen LogP contribution in [-0.2, 0) is 23.4 Å². The topological polar surface area (TPSA) is 77.5 Å². The van der Waals surface area contributed by atoms with Crippen LogP contribution < -0.4 is 0 Å². The lowest BCUT2D eigenvalue weighted by Crippen LogP contribution is -2.23. The van der Waals surface area contributed by atoms with E-state index in [1.807, 2.05) is 0 Å². The summed E-state index contributed by atoms with van der Waals surface area (Å²) in [6.45, 7) is 1.52. The average molecular weight is 215 g/mol. The molecule has 0 aliphatic carbocycles. The molecule has 0 saturated heterocycles. The SMILES string of the molecule is CCOC(=O)C(=O)CS(=O)(=O)Cl. The highest BCUT2D eigenvalue weighted by Gasteiger charge is 2.21. The van der Waals surface area contributed by atoms with Crippen molar-refractivity contribution >= 4 is 31.5 Å². The number of hydrogen-bond donors (Lipinski definition) is 0. The van der Waals surface area contributed by atoms with Crippen LogP contribution in [0.3, 0.4) is 0 Å². The number of Topliss-reactive ketones (excluding diaryl/α,β-unsaturated/α-hetero) is 1. The van der Waals surface area contributed by atoms with Crippen LogP contribution in [0.1, 0.15) is 6.92 Å². The monoisotopic (exact) mass is 214 g/mol. The largest absolute Gasteiger partial charge is 0.460 e. The fourth-order valence-corrected chi connectivity index (χ4v) is 1.16. The molecule has 5 nitrogen and oxygen atoms in total. The first-order valence-corrected chi connectivity index (χ1v) is 5.47. The van der Waals surface area contributed by atoms with Gasteiger partial charge in [0.1, 0.15) is 5.75 Å². The average Bonchev–Trinajstić information content (AvgIpc) is 1.84. The standard InChI is InChI=1S/C5H7ClO5S/c1-2-11-5(8)4(7)3-12(6,9)10/h2-3H2,1H3. The van der Waals surface area contributed by atoms with E-state index in [2.05, 4.69) is 4.74 Å². The van der Waals surface area contributed by atoms with Crippen molar-refractivity contribution in [3.8, 4) is 0 Å². The van der Waals surface area contributed by atoms with Crippen LogP contribution in [0.4, 0.5) is 0 Å². The molecule has 0 aromatic carbocycles. The van der Waals surface area contributed by atoms with Gasteiger partial charge in [0.2, 0.25) is 9.05 Å². The number of carbonyl (C=O) groups is 2. The lowest BCUT2D eigenvalue weighted by molar-refractivity contribution is -0.152. The smallest absolute Gasteiger partial charge is 0.375 e. The molecule has 12 heavy (non-hydrogen) atoms.